The molecule has 2 unspecified atom stereocenters. The lowest BCUT2D eigenvalue weighted by molar-refractivity contribution is -0.151. The highest BCUT2D eigenvalue weighted by Crippen LogP contribution is 2.26. The molecule has 21 heavy (non-hydrogen) atoms. The first-order valence-electron chi connectivity index (χ1n) is 8.65. The van der Waals surface area contributed by atoms with E-state index in [0.717, 1.165) is 25.9 Å². The van der Waals surface area contributed by atoms with Crippen LogP contribution in [0.25, 0.3) is 0 Å². The zero-order valence-corrected chi connectivity index (χ0v) is 14.6. The topological polar surface area (TPSA) is 41.6 Å². The second kappa shape index (κ2) is 8.74. The van der Waals surface area contributed by atoms with E-state index in [0.29, 0.717) is 18.7 Å². The van der Waals surface area contributed by atoms with Gasteiger partial charge in [0.1, 0.15) is 5.54 Å². The van der Waals surface area contributed by atoms with E-state index < -0.39 is 5.54 Å². The number of rotatable bonds is 11. The van der Waals surface area contributed by atoms with Crippen molar-refractivity contribution >= 4 is 5.97 Å². The van der Waals surface area contributed by atoms with Crippen LogP contribution in [0.3, 0.4) is 0 Å². The van der Waals surface area contributed by atoms with Crippen molar-refractivity contribution in [1.29, 1.82) is 0 Å². The Labute approximate surface area is 130 Å². The summed E-state index contributed by atoms with van der Waals surface area (Å²) >= 11 is 0. The third kappa shape index (κ3) is 5.95. The van der Waals surface area contributed by atoms with Crippen LogP contribution in [-0.2, 0) is 9.53 Å². The zero-order valence-electron chi connectivity index (χ0n) is 14.6. The van der Waals surface area contributed by atoms with Gasteiger partial charge < -0.3 is 9.64 Å². The smallest absolute Gasteiger partial charge is 0.326 e. The van der Waals surface area contributed by atoms with Gasteiger partial charge in [0.2, 0.25) is 0 Å². The highest BCUT2D eigenvalue weighted by Gasteiger charge is 2.39. The molecule has 124 valence electrons. The predicted octanol–water partition coefficient (Wildman–Crippen LogP) is 2.96. The van der Waals surface area contributed by atoms with E-state index in [1.165, 1.54) is 19.3 Å². The summed E-state index contributed by atoms with van der Waals surface area (Å²) in [6.07, 6.45) is 5.40. The standard InChI is InChI=1S/C17H34N2O2/c1-6-14(4)19(7-2)13-9-12-17(5,16(20)21-8-3)18-15-10-11-15/h14-15,18H,6-13H2,1-5H3. The van der Waals surface area contributed by atoms with Gasteiger partial charge in [0.05, 0.1) is 6.61 Å². The molecule has 2 atom stereocenters. The number of nitrogens with zero attached hydrogens (tertiary/aromatic N) is 1. The van der Waals surface area contributed by atoms with Crippen LogP contribution in [0, 0.1) is 0 Å². The summed E-state index contributed by atoms with van der Waals surface area (Å²) in [5.74, 6) is -0.0940. The molecule has 1 saturated carbocycles. The Hall–Kier alpha value is -0.610. The number of esters is 1. The van der Waals surface area contributed by atoms with Crippen LogP contribution in [0.1, 0.15) is 66.7 Å². The summed E-state index contributed by atoms with van der Waals surface area (Å²) in [5, 5.41) is 3.49. The fourth-order valence-corrected chi connectivity index (χ4v) is 2.79. The van der Waals surface area contributed by atoms with Crippen LogP contribution in [0.2, 0.25) is 0 Å². The Morgan fingerprint density at radius 1 is 1.38 bits per heavy atom. The van der Waals surface area contributed by atoms with Crippen LogP contribution in [0.15, 0.2) is 0 Å². The number of carbonyl (C=O) groups is 1. The molecule has 0 aromatic rings. The lowest BCUT2D eigenvalue weighted by Gasteiger charge is -2.31. The molecule has 1 N–H and O–H groups in total. The maximum Gasteiger partial charge on any atom is 0.326 e. The molecule has 0 aromatic heterocycles. The van der Waals surface area contributed by atoms with Gasteiger partial charge in [0.25, 0.3) is 0 Å². The largest absolute Gasteiger partial charge is 0.465 e. The Kier molecular flexibility index (Phi) is 7.67. The zero-order chi connectivity index (χ0) is 15.9. The van der Waals surface area contributed by atoms with Gasteiger partial charge in [-0.2, -0.15) is 0 Å². The van der Waals surface area contributed by atoms with E-state index >= 15 is 0 Å². The van der Waals surface area contributed by atoms with Crippen molar-refractivity contribution in [2.45, 2.75) is 84.3 Å². The van der Waals surface area contributed by atoms with Crippen LogP contribution in [0.4, 0.5) is 0 Å². The van der Waals surface area contributed by atoms with E-state index in [-0.39, 0.29) is 5.97 Å². The van der Waals surface area contributed by atoms with Crippen LogP contribution < -0.4 is 5.32 Å². The first-order valence-corrected chi connectivity index (χ1v) is 8.65. The average molecular weight is 298 g/mol. The van der Waals surface area contributed by atoms with Crippen molar-refractivity contribution in [2.75, 3.05) is 19.7 Å². The molecule has 0 aromatic carbocycles. The van der Waals surface area contributed by atoms with Crippen molar-refractivity contribution in [3.63, 3.8) is 0 Å². The summed E-state index contributed by atoms with van der Waals surface area (Å²) in [7, 11) is 0. The summed E-state index contributed by atoms with van der Waals surface area (Å²) < 4.78 is 5.27. The minimum atomic E-state index is -0.522. The summed E-state index contributed by atoms with van der Waals surface area (Å²) in [6, 6.07) is 1.12. The minimum Gasteiger partial charge on any atom is -0.465 e. The normalized spacial score (nSPS) is 19.3. The van der Waals surface area contributed by atoms with Gasteiger partial charge >= 0.3 is 5.97 Å². The first kappa shape index (κ1) is 18.4. The second-order valence-corrected chi connectivity index (χ2v) is 6.46. The Morgan fingerprint density at radius 3 is 2.52 bits per heavy atom. The molecule has 4 nitrogen and oxygen atoms in total. The molecule has 0 heterocycles. The predicted molar refractivity (Wildman–Crippen MR) is 87.4 cm³/mol. The molecule has 1 aliphatic rings. The fraction of sp³-hybridized carbons (Fsp3) is 0.941. The number of hydrogen-bond acceptors (Lipinski definition) is 4. The Balaban J connectivity index is 2.50. The Bertz CT molecular complexity index is 318. The summed E-state index contributed by atoms with van der Waals surface area (Å²) in [5.41, 5.74) is -0.522. The molecule has 0 amide bonds. The van der Waals surface area contributed by atoms with Gasteiger partial charge in [-0.1, -0.05) is 13.8 Å². The first-order chi connectivity index (χ1) is 9.96. The molecule has 1 fully saturated rings. The van der Waals surface area contributed by atoms with Crippen molar-refractivity contribution in [2.24, 2.45) is 0 Å². The van der Waals surface area contributed by atoms with Gasteiger partial charge in [-0.15, -0.1) is 0 Å². The molecule has 0 radical (unpaired) electrons. The highest BCUT2D eigenvalue weighted by molar-refractivity contribution is 5.80. The third-order valence-electron chi connectivity index (χ3n) is 4.57. The lowest BCUT2D eigenvalue weighted by Crippen LogP contribution is -2.52. The van der Waals surface area contributed by atoms with Gasteiger partial charge in [-0.3, -0.25) is 10.1 Å². The van der Waals surface area contributed by atoms with Gasteiger partial charge in [-0.25, -0.2) is 0 Å². The number of hydrogen-bond donors (Lipinski definition) is 1. The minimum absolute atomic E-state index is 0.0940. The lowest BCUT2D eigenvalue weighted by atomic mass is 9.95. The molecule has 0 spiro atoms. The third-order valence-corrected chi connectivity index (χ3v) is 4.57. The molecule has 4 heteroatoms. The van der Waals surface area contributed by atoms with Crippen LogP contribution in [-0.4, -0.2) is 48.2 Å². The molecule has 0 saturated heterocycles. The van der Waals surface area contributed by atoms with Crippen molar-refractivity contribution in [3.05, 3.63) is 0 Å². The number of carbonyl (C=O) groups excluding carboxylic acids is 1. The van der Waals surface area contributed by atoms with Crippen molar-refractivity contribution in [3.8, 4) is 0 Å². The quantitative estimate of drug-likeness (QED) is 0.596. The van der Waals surface area contributed by atoms with Crippen LogP contribution >= 0.6 is 0 Å². The highest BCUT2D eigenvalue weighted by atomic mass is 16.5. The summed E-state index contributed by atoms with van der Waals surface area (Å²) in [4.78, 5) is 14.8. The Morgan fingerprint density at radius 2 is 2.05 bits per heavy atom. The van der Waals surface area contributed by atoms with E-state index in [9.17, 15) is 4.79 Å². The maximum absolute atomic E-state index is 12.3. The van der Waals surface area contributed by atoms with E-state index in [1.807, 2.05) is 13.8 Å². The van der Waals surface area contributed by atoms with Crippen molar-refractivity contribution in [1.82, 2.24) is 10.2 Å². The molecular formula is C17H34N2O2. The van der Waals surface area contributed by atoms with Gasteiger partial charge in [0.15, 0.2) is 0 Å². The van der Waals surface area contributed by atoms with Crippen LogP contribution in [0.5, 0.6) is 0 Å². The van der Waals surface area contributed by atoms with E-state index in [2.05, 4.69) is 31.0 Å². The average Bonchev–Trinajstić information content (AvgIpc) is 3.26. The van der Waals surface area contributed by atoms with E-state index in [4.69, 9.17) is 4.74 Å². The van der Waals surface area contributed by atoms with E-state index in [1.54, 1.807) is 0 Å². The summed E-state index contributed by atoms with van der Waals surface area (Å²) in [6.45, 7) is 13.2. The number of nitrogens with one attached hydrogen (secondary N) is 1. The second-order valence-electron chi connectivity index (χ2n) is 6.46. The number of ether oxygens (including phenoxy) is 1. The molecule has 0 bridgehead atoms. The van der Waals surface area contributed by atoms with Gasteiger partial charge in [0, 0.05) is 12.1 Å². The molecular weight excluding hydrogens is 264 g/mol. The van der Waals surface area contributed by atoms with Crippen molar-refractivity contribution < 1.29 is 9.53 Å². The maximum atomic E-state index is 12.3. The SMILES string of the molecule is CCOC(=O)C(C)(CCCN(CC)C(C)CC)NC1CC1. The van der Waals surface area contributed by atoms with Gasteiger partial charge in [-0.05, 0) is 66.0 Å². The molecule has 1 aliphatic carbocycles. The monoisotopic (exact) mass is 298 g/mol. The molecule has 0 aliphatic heterocycles. The molecule has 1 rings (SSSR count). The fourth-order valence-electron chi connectivity index (χ4n) is 2.79.